The second kappa shape index (κ2) is 15.4. The summed E-state index contributed by atoms with van der Waals surface area (Å²) >= 11 is 0. The molecule has 0 radical (unpaired) electrons. The van der Waals surface area contributed by atoms with E-state index < -0.39 is 114 Å². The Labute approximate surface area is 327 Å². The zero-order valence-corrected chi connectivity index (χ0v) is 34.4. The zero-order chi connectivity index (χ0) is 40.8. The molecule has 8 unspecified atom stereocenters. The summed E-state index contributed by atoms with van der Waals surface area (Å²) in [7, 11) is 0. The molecule has 2 aliphatic heterocycles. The second-order valence-electron chi connectivity index (χ2n) is 20.3. The smallest absolute Gasteiger partial charge is 0.187 e. The van der Waals surface area contributed by atoms with Crippen LogP contribution in [0.4, 0.5) is 0 Å². The van der Waals surface area contributed by atoms with E-state index >= 15 is 0 Å². The third-order valence-electron chi connectivity index (χ3n) is 16.5. The lowest BCUT2D eigenvalue weighted by atomic mass is 9.34. The highest BCUT2D eigenvalue weighted by Crippen LogP contribution is 2.76. The summed E-state index contributed by atoms with van der Waals surface area (Å²) in [6.07, 6.45) is -8.99. The van der Waals surface area contributed by atoms with Crippen molar-refractivity contribution in [2.75, 3.05) is 6.61 Å². The first-order chi connectivity index (χ1) is 25.5. The lowest BCUT2D eigenvalue weighted by Crippen LogP contribution is -2.71. The first-order valence-electron chi connectivity index (χ1n) is 20.8. The van der Waals surface area contributed by atoms with Gasteiger partial charge in [-0.25, -0.2) is 0 Å². The predicted molar refractivity (Wildman–Crippen MR) is 201 cm³/mol. The molecule has 0 aromatic carbocycles. The normalized spacial score (nSPS) is 53.4. The van der Waals surface area contributed by atoms with E-state index in [0.717, 1.165) is 19.3 Å². The molecule has 21 atom stereocenters. The molecule has 6 aliphatic rings. The molecule has 13 heteroatoms. The molecule has 4 aliphatic carbocycles. The summed E-state index contributed by atoms with van der Waals surface area (Å²) in [6.45, 7) is 17.8. The van der Waals surface area contributed by atoms with Gasteiger partial charge in [0.2, 0.25) is 0 Å². The van der Waals surface area contributed by atoms with Crippen LogP contribution in [0, 0.1) is 45.3 Å². The summed E-state index contributed by atoms with van der Waals surface area (Å²) in [6, 6.07) is 0. The maximum absolute atomic E-state index is 12.3. The minimum Gasteiger partial charge on any atom is -0.394 e. The molecule has 2 saturated heterocycles. The van der Waals surface area contributed by atoms with Crippen molar-refractivity contribution in [3.8, 4) is 0 Å². The molecule has 9 N–H and O–H groups in total. The van der Waals surface area contributed by atoms with Crippen molar-refractivity contribution >= 4 is 0 Å². The standard InChI is InChI=1S/C42H72O13/c1-20(2)11-10-14-42(9,51)22-12-16-40(7)28(22)23(44)17-26-39(6)15-13-27(45)38(4,5)35(39)24(18-41(26,40)8)53-37-34(32(49)30(47)25(19-43)54-37)55-36-33(50)31(48)29(46)21(3)52-36/h11,21-37,43-51H,10,12-19H2,1-9H3/t21-,22?,23?,24-,25+,26?,27?,28?,29+,30+,31+,32-,33+,34+,35?,36-,37+,39?,40+,41?,42+/m0/s1. The second-order valence-corrected chi connectivity index (χ2v) is 20.3. The summed E-state index contributed by atoms with van der Waals surface area (Å²) in [4.78, 5) is 0. The van der Waals surface area contributed by atoms with Gasteiger partial charge in [-0.05, 0) is 124 Å². The lowest BCUT2D eigenvalue weighted by molar-refractivity contribution is -0.382. The van der Waals surface area contributed by atoms with Crippen LogP contribution in [0.25, 0.3) is 0 Å². The van der Waals surface area contributed by atoms with Crippen LogP contribution >= 0.6 is 0 Å². The number of hydrogen-bond acceptors (Lipinski definition) is 13. The Hall–Kier alpha value is -0.780. The molecule has 6 fully saturated rings. The fourth-order valence-electron chi connectivity index (χ4n) is 13.3. The molecule has 318 valence electrons. The number of hydrogen-bond donors (Lipinski definition) is 9. The molecule has 55 heavy (non-hydrogen) atoms. The Morgan fingerprint density at radius 1 is 0.818 bits per heavy atom. The SMILES string of the molecule is CC(C)=CCC[C@@](C)(O)C1CC[C@]2(C)C1C(O)CC1C3(C)CCC(O)C(C)(C)C3[C@@H](O[C@@H]3O[C@H](CO)[C@@H](O)[C@H](O)[C@H]3O[C@@H]3O[C@@H](C)[C@@H](O)[C@@H](O)[C@H]3O)CC12C. The highest BCUT2D eigenvalue weighted by molar-refractivity contribution is 5.22. The highest BCUT2D eigenvalue weighted by Gasteiger charge is 2.73. The van der Waals surface area contributed by atoms with Crippen molar-refractivity contribution < 1.29 is 64.9 Å². The first-order valence-corrected chi connectivity index (χ1v) is 20.8. The molecular formula is C42H72O13. The predicted octanol–water partition coefficient (Wildman–Crippen LogP) is 2.15. The number of aliphatic hydroxyl groups is 9. The van der Waals surface area contributed by atoms with Crippen molar-refractivity contribution in [1.29, 1.82) is 0 Å². The van der Waals surface area contributed by atoms with Crippen molar-refractivity contribution in [2.45, 2.75) is 199 Å². The third kappa shape index (κ3) is 7.10. The van der Waals surface area contributed by atoms with E-state index in [1.54, 1.807) is 0 Å². The summed E-state index contributed by atoms with van der Waals surface area (Å²) in [5.41, 5.74) is -1.71. The third-order valence-corrected chi connectivity index (χ3v) is 16.5. The van der Waals surface area contributed by atoms with Crippen LogP contribution < -0.4 is 0 Å². The fourth-order valence-corrected chi connectivity index (χ4v) is 13.3. The molecular weight excluding hydrogens is 712 g/mol. The van der Waals surface area contributed by atoms with E-state index in [4.69, 9.17) is 18.9 Å². The number of allylic oxidation sites excluding steroid dienone is 2. The Balaban J connectivity index is 1.38. The summed E-state index contributed by atoms with van der Waals surface area (Å²) < 4.78 is 25.1. The molecule has 4 saturated carbocycles. The van der Waals surface area contributed by atoms with Gasteiger partial charge in [0.15, 0.2) is 12.6 Å². The highest BCUT2D eigenvalue weighted by atomic mass is 16.8. The molecule has 2 heterocycles. The molecule has 0 aromatic rings. The van der Waals surface area contributed by atoms with Gasteiger partial charge < -0.3 is 64.9 Å². The lowest BCUT2D eigenvalue weighted by Gasteiger charge is -2.72. The molecule has 0 amide bonds. The largest absolute Gasteiger partial charge is 0.394 e. The van der Waals surface area contributed by atoms with Crippen LogP contribution in [0.3, 0.4) is 0 Å². The van der Waals surface area contributed by atoms with Crippen LogP contribution in [0.5, 0.6) is 0 Å². The molecule has 0 bridgehead atoms. The monoisotopic (exact) mass is 784 g/mol. The van der Waals surface area contributed by atoms with Gasteiger partial charge in [0.25, 0.3) is 0 Å². The van der Waals surface area contributed by atoms with Crippen LogP contribution in [-0.4, -0.2) is 138 Å². The van der Waals surface area contributed by atoms with Gasteiger partial charge >= 0.3 is 0 Å². The van der Waals surface area contributed by atoms with E-state index in [1.165, 1.54) is 12.5 Å². The van der Waals surface area contributed by atoms with Crippen molar-refractivity contribution in [3.05, 3.63) is 11.6 Å². The van der Waals surface area contributed by atoms with Crippen LogP contribution in [0.1, 0.15) is 114 Å². The van der Waals surface area contributed by atoms with Gasteiger partial charge in [-0.15, -0.1) is 0 Å². The average molecular weight is 785 g/mol. The molecule has 13 nitrogen and oxygen atoms in total. The summed E-state index contributed by atoms with van der Waals surface area (Å²) in [5, 5.41) is 100. The zero-order valence-electron chi connectivity index (χ0n) is 34.4. The van der Waals surface area contributed by atoms with Crippen LogP contribution in [0.15, 0.2) is 11.6 Å². The molecule has 0 spiro atoms. The fraction of sp³-hybridized carbons (Fsp3) is 0.952. The van der Waals surface area contributed by atoms with Crippen molar-refractivity contribution in [1.82, 2.24) is 0 Å². The number of ether oxygens (including phenoxy) is 4. The Bertz CT molecular complexity index is 1390. The molecule has 0 aromatic heterocycles. The number of aliphatic hydroxyl groups excluding tert-OH is 8. The van der Waals surface area contributed by atoms with Gasteiger partial charge in [-0.3, -0.25) is 0 Å². The maximum Gasteiger partial charge on any atom is 0.187 e. The Morgan fingerprint density at radius 2 is 1.49 bits per heavy atom. The minimum absolute atomic E-state index is 0.0411. The van der Waals surface area contributed by atoms with Gasteiger partial charge in [0, 0.05) is 0 Å². The average Bonchev–Trinajstić information content (AvgIpc) is 3.49. The summed E-state index contributed by atoms with van der Waals surface area (Å²) in [5.74, 6) is -0.526. The topological polar surface area (TPSA) is 219 Å². The Kier molecular flexibility index (Phi) is 12.2. The van der Waals surface area contributed by atoms with E-state index in [9.17, 15) is 46.0 Å². The Morgan fingerprint density at radius 3 is 2.13 bits per heavy atom. The van der Waals surface area contributed by atoms with Crippen molar-refractivity contribution in [2.24, 2.45) is 45.3 Å². The van der Waals surface area contributed by atoms with E-state index in [2.05, 4.69) is 40.7 Å². The molecule has 6 rings (SSSR count). The van der Waals surface area contributed by atoms with Gasteiger partial charge in [0.1, 0.15) is 42.7 Å². The van der Waals surface area contributed by atoms with Crippen LogP contribution in [0.2, 0.25) is 0 Å². The quantitative estimate of drug-likeness (QED) is 0.121. The number of rotatable bonds is 9. The van der Waals surface area contributed by atoms with Gasteiger partial charge in [0.05, 0.1) is 36.6 Å². The van der Waals surface area contributed by atoms with Gasteiger partial charge in [-0.1, -0.05) is 46.3 Å². The van der Waals surface area contributed by atoms with E-state index in [1.807, 2.05) is 20.8 Å². The van der Waals surface area contributed by atoms with E-state index in [-0.39, 0.29) is 23.7 Å². The minimum atomic E-state index is -1.70. The van der Waals surface area contributed by atoms with Crippen LogP contribution in [-0.2, 0) is 18.9 Å². The first kappa shape index (κ1) is 43.8. The van der Waals surface area contributed by atoms with Gasteiger partial charge in [-0.2, -0.15) is 0 Å². The van der Waals surface area contributed by atoms with Crippen molar-refractivity contribution in [3.63, 3.8) is 0 Å². The number of fused-ring (bicyclic) bond motifs is 5. The maximum atomic E-state index is 12.3. The van der Waals surface area contributed by atoms with E-state index in [0.29, 0.717) is 32.1 Å².